The zero-order valence-electron chi connectivity index (χ0n) is 18.7. The number of aldehydes is 1. The third-order valence-electron chi connectivity index (χ3n) is 5.15. The van der Waals surface area contributed by atoms with Gasteiger partial charge in [-0.1, -0.05) is 43.7 Å². The van der Waals surface area contributed by atoms with E-state index in [-0.39, 0.29) is 18.0 Å². The number of amides is 2. The van der Waals surface area contributed by atoms with Gasteiger partial charge in [0.15, 0.2) is 6.04 Å². The number of nitrogens with zero attached hydrogens (tertiary/aromatic N) is 1. The number of unbranched alkanes of at least 4 members (excludes halogenated alkanes) is 1. The Kier molecular flexibility index (Phi) is 9.53. The summed E-state index contributed by atoms with van der Waals surface area (Å²) in [5, 5.41) is 14.4. The fourth-order valence-corrected chi connectivity index (χ4v) is 3.49. The monoisotopic (exact) mass is 455 g/mol. The van der Waals surface area contributed by atoms with Gasteiger partial charge in [0.25, 0.3) is 5.56 Å². The molecule has 1 aromatic heterocycles. The molecule has 0 fully saturated rings. The van der Waals surface area contributed by atoms with Crippen LogP contribution in [0.1, 0.15) is 50.4 Å². The molecule has 0 spiro atoms. The number of carboxylic acids is 1. The lowest BCUT2D eigenvalue weighted by Gasteiger charge is -2.25. The van der Waals surface area contributed by atoms with E-state index in [0.29, 0.717) is 31.2 Å². The summed E-state index contributed by atoms with van der Waals surface area (Å²) in [6, 6.07) is 9.34. The zero-order chi connectivity index (χ0) is 24.4. The van der Waals surface area contributed by atoms with E-state index in [0.717, 1.165) is 23.5 Å². The number of carboxylic acid groups (broad SMARTS) is 1. The van der Waals surface area contributed by atoms with Gasteiger partial charge in [-0.2, -0.15) is 0 Å². The van der Waals surface area contributed by atoms with Gasteiger partial charge in [0.2, 0.25) is 11.8 Å². The van der Waals surface area contributed by atoms with Crippen molar-refractivity contribution in [2.75, 3.05) is 5.32 Å². The number of pyridine rings is 1. The van der Waals surface area contributed by atoms with Crippen LogP contribution in [-0.4, -0.2) is 39.8 Å². The van der Waals surface area contributed by atoms with Crippen LogP contribution >= 0.6 is 0 Å². The Balaban J connectivity index is 2.38. The minimum Gasteiger partial charge on any atom is -0.480 e. The van der Waals surface area contributed by atoms with Crippen LogP contribution in [0.2, 0.25) is 0 Å². The molecule has 0 aliphatic heterocycles. The maximum Gasteiger partial charge on any atom is 0.328 e. The molecule has 1 aromatic carbocycles. The minimum atomic E-state index is -1.64. The third-order valence-corrected chi connectivity index (χ3v) is 5.15. The molecule has 0 saturated heterocycles. The lowest BCUT2D eigenvalue weighted by Crippen LogP contribution is -2.49. The molecule has 3 N–H and O–H groups in total. The van der Waals surface area contributed by atoms with Crippen molar-refractivity contribution >= 4 is 29.8 Å². The predicted octanol–water partition coefficient (Wildman–Crippen LogP) is 2.09. The molecule has 1 heterocycles. The third kappa shape index (κ3) is 7.13. The fourth-order valence-electron chi connectivity index (χ4n) is 3.49. The largest absolute Gasteiger partial charge is 0.480 e. The number of hydrogen-bond donors (Lipinski definition) is 3. The number of aromatic nitrogens is 1. The maximum absolute atomic E-state index is 13.3. The second-order valence-corrected chi connectivity index (χ2v) is 7.69. The summed E-state index contributed by atoms with van der Waals surface area (Å²) in [6.45, 7) is 3.08. The van der Waals surface area contributed by atoms with E-state index < -0.39 is 29.5 Å². The number of anilines is 1. The zero-order valence-corrected chi connectivity index (χ0v) is 18.7. The molecule has 33 heavy (non-hydrogen) atoms. The Hall–Kier alpha value is -3.75. The first-order valence-corrected chi connectivity index (χ1v) is 10.8. The maximum atomic E-state index is 13.3. The Bertz CT molecular complexity index is 1050. The Morgan fingerprint density at radius 3 is 2.36 bits per heavy atom. The summed E-state index contributed by atoms with van der Waals surface area (Å²) < 4.78 is 1.06. The number of benzene rings is 1. The van der Waals surface area contributed by atoms with Crippen molar-refractivity contribution in [3.8, 4) is 0 Å². The predicted molar refractivity (Wildman–Crippen MR) is 123 cm³/mol. The number of carbonyl (C=O) groups is 4. The Labute approximate surface area is 191 Å². The highest BCUT2D eigenvalue weighted by atomic mass is 16.4. The number of aliphatic carboxylic acids is 1. The first kappa shape index (κ1) is 25.5. The van der Waals surface area contributed by atoms with Crippen molar-refractivity contribution in [1.82, 2.24) is 9.88 Å². The van der Waals surface area contributed by atoms with Crippen molar-refractivity contribution in [2.45, 2.75) is 58.0 Å². The summed E-state index contributed by atoms with van der Waals surface area (Å²) in [6.07, 6.45) is 2.88. The molecule has 9 nitrogen and oxygen atoms in total. The van der Waals surface area contributed by atoms with Crippen molar-refractivity contribution in [3.05, 3.63) is 64.1 Å². The molecule has 0 saturated carbocycles. The molecule has 2 rings (SSSR count). The van der Waals surface area contributed by atoms with E-state index in [4.69, 9.17) is 0 Å². The van der Waals surface area contributed by atoms with E-state index in [9.17, 15) is 29.1 Å². The molecule has 2 atom stereocenters. The Morgan fingerprint density at radius 2 is 1.79 bits per heavy atom. The quantitative estimate of drug-likeness (QED) is 0.420. The standard InChI is InChI=1S/C24H29N3O6/c1-3-4-10-18-12-13-19(26-21(30)14-11-17-8-6-5-7-9-17)23(31)27(18)20(15-28)22(24(32)33)25-16(2)29/h5-9,12-13,15,20,22H,3-4,10-11,14H2,1-2H3,(H,25,29)(H,26,30)(H,32,33)/t20?,22-/m0/s1. The average molecular weight is 456 g/mol. The highest BCUT2D eigenvalue weighted by Crippen LogP contribution is 2.17. The van der Waals surface area contributed by atoms with Crippen LogP contribution in [0.5, 0.6) is 0 Å². The smallest absolute Gasteiger partial charge is 0.328 e. The van der Waals surface area contributed by atoms with Gasteiger partial charge in [-0.25, -0.2) is 4.79 Å². The number of aryl methyl sites for hydroxylation is 2. The van der Waals surface area contributed by atoms with Gasteiger partial charge < -0.3 is 20.5 Å². The molecule has 1 unspecified atom stereocenters. The molecule has 2 aromatic rings. The van der Waals surface area contributed by atoms with E-state index in [1.807, 2.05) is 37.3 Å². The lowest BCUT2D eigenvalue weighted by atomic mass is 10.1. The van der Waals surface area contributed by atoms with E-state index in [1.54, 1.807) is 6.07 Å². The molecular formula is C24H29N3O6. The average Bonchev–Trinajstić information content (AvgIpc) is 2.79. The summed E-state index contributed by atoms with van der Waals surface area (Å²) in [5.74, 6) is -2.49. The van der Waals surface area contributed by atoms with E-state index in [2.05, 4.69) is 10.6 Å². The van der Waals surface area contributed by atoms with Crippen LogP contribution < -0.4 is 16.2 Å². The van der Waals surface area contributed by atoms with Crippen LogP contribution in [0.15, 0.2) is 47.3 Å². The van der Waals surface area contributed by atoms with Gasteiger partial charge in [0, 0.05) is 19.0 Å². The number of carbonyl (C=O) groups excluding carboxylic acids is 3. The molecule has 9 heteroatoms. The summed E-state index contributed by atoms with van der Waals surface area (Å²) in [4.78, 5) is 60.9. The van der Waals surface area contributed by atoms with Gasteiger partial charge in [-0.15, -0.1) is 0 Å². The van der Waals surface area contributed by atoms with Gasteiger partial charge in [-0.05, 0) is 37.0 Å². The lowest BCUT2D eigenvalue weighted by molar-refractivity contribution is -0.144. The summed E-state index contributed by atoms with van der Waals surface area (Å²) in [7, 11) is 0. The molecule has 0 aliphatic rings. The van der Waals surface area contributed by atoms with Crippen molar-refractivity contribution in [2.24, 2.45) is 0 Å². The highest BCUT2D eigenvalue weighted by molar-refractivity contribution is 5.90. The molecule has 176 valence electrons. The second kappa shape index (κ2) is 12.3. The van der Waals surface area contributed by atoms with Crippen LogP contribution in [0, 0.1) is 0 Å². The first-order valence-electron chi connectivity index (χ1n) is 10.8. The van der Waals surface area contributed by atoms with Crippen LogP contribution in [0.4, 0.5) is 5.69 Å². The first-order chi connectivity index (χ1) is 15.8. The van der Waals surface area contributed by atoms with Gasteiger partial charge >= 0.3 is 5.97 Å². The fraction of sp³-hybridized carbons (Fsp3) is 0.375. The van der Waals surface area contributed by atoms with E-state index >= 15 is 0 Å². The van der Waals surface area contributed by atoms with Crippen LogP contribution in [0.3, 0.4) is 0 Å². The Morgan fingerprint density at radius 1 is 1.09 bits per heavy atom. The highest BCUT2D eigenvalue weighted by Gasteiger charge is 2.32. The number of rotatable bonds is 12. The molecule has 0 aliphatic carbocycles. The second-order valence-electron chi connectivity index (χ2n) is 7.69. The van der Waals surface area contributed by atoms with Crippen molar-refractivity contribution < 1.29 is 24.3 Å². The van der Waals surface area contributed by atoms with Crippen molar-refractivity contribution in [1.29, 1.82) is 0 Å². The van der Waals surface area contributed by atoms with Crippen LogP contribution in [0.25, 0.3) is 0 Å². The number of hydrogen-bond acceptors (Lipinski definition) is 5. The topological polar surface area (TPSA) is 135 Å². The normalized spacial score (nSPS) is 12.4. The van der Waals surface area contributed by atoms with Crippen LogP contribution in [-0.2, 0) is 32.0 Å². The van der Waals surface area contributed by atoms with Gasteiger partial charge in [-0.3, -0.25) is 19.0 Å². The summed E-state index contributed by atoms with van der Waals surface area (Å²) >= 11 is 0. The molecule has 0 bridgehead atoms. The molecule has 2 amide bonds. The number of nitrogens with one attached hydrogen (secondary N) is 2. The summed E-state index contributed by atoms with van der Waals surface area (Å²) in [5.41, 5.74) is 0.649. The molecule has 0 radical (unpaired) electrons. The van der Waals surface area contributed by atoms with Crippen molar-refractivity contribution in [3.63, 3.8) is 0 Å². The van der Waals surface area contributed by atoms with Gasteiger partial charge in [0.05, 0.1) is 0 Å². The SMILES string of the molecule is CCCCc1ccc(NC(=O)CCc2ccccc2)c(=O)n1C(C=O)[C@H](NC(C)=O)C(=O)O. The van der Waals surface area contributed by atoms with Gasteiger partial charge in [0.1, 0.15) is 18.0 Å². The van der Waals surface area contributed by atoms with E-state index in [1.165, 1.54) is 6.07 Å². The molecular weight excluding hydrogens is 426 g/mol. The minimum absolute atomic E-state index is 0.0628.